The highest BCUT2D eigenvalue weighted by Crippen LogP contribution is 2.47. The number of nitrogens with zero attached hydrogens (tertiary/aromatic N) is 1. The summed E-state index contributed by atoms with van der Waals surface area (Å²) < 4.78 is 9.66. The van der Waals surface area contributed by atoms with Gasteiger partial charge in [0, 0.05) is 53.6 Å². The summed E-state index contributed by atoms with van der Waals surface area (Å²) in [6.07, 6.45) is 0. The smallest absolute Gasteiger partial charge is 0.143 e. The lowest BCUT2D eigenvalue weighted by Gasteiger charge is -2.26. The molecular weight excluding hydrogens is 783 g/mol. The first-order valence-corrected chi connectivity index (χ1v) is 22.3. The van der Waals surface area contributed by atoms with Crippen molar-refractivity contribution >= 4 is 103 Å². The molecule has 0 bridgehead atoms. The van der Waals surface area contributed by atoms with Crippen LogP contribution in [-0.2, 0) is 0 Å². The fourth-order valence-corrected chi connectivity index (χ4v) is 11.1. The van der Waals surface area contributed by atoms with Gasteiger partial charge in [-0.1, -0.05) is 164 Å². The van der Waals surface area contributed by atoms with Gasteiger partial charge in [0.15, 0.2) is 0 Å². The van der Waals surface area contributed by atoms with Crippen molar-refractivity contribution in [1.82, 2.24) is 0 Å². The molecule has 13 rings (SSSR count). The minimum absolute atomic E-state index is 0.863. The monoisotopic (exact) mass is 819 g/mol. The summed E-state index contributed by atoms with van der Waals surface area (Å²) in [7, 11) is 0. The van der Waals surface area contributed by atoms with Crippen molar-refractivity contribution < 1.29 is 4.42 Å². The Bertz CT molecular complexity index is 3900. The summed E-state index contributed by atoms with van der Waals surface area (Å²) in [5.41, 5.74) is 12.1. The van der Waals surface area contributed by atoms with Crippen LogP contribution < -0.4 is 4.90 Å². The first kappa shape index (κ1) is 35.7. The van der Waals surface area contributed by atoms with Crippen molar-refractivity contribution in [1.29, 1.82) is 0 Å². The van der Waals surface area contributed by atoms with E-state index in [9.17, 15) is 0 Å². The third kappa shape index (κ3) is 5.78. The van der Waals surface area contributed by atoms with Crippen LogP contribution >= 0.6 is 11.3 Å². The Morgan fingerprint density at radius 1 is 0.333 bits per heavy atom. The fourth-order valence-electron chi connectivity index (χ4n) is 9.87. The van der Waals surface area contributed by atoms with Crippen molar-refractivity contribution in [3.8, 4) is 33.4 Å². The molecule has 0 N–H and O–H groups in total. The Balaban J connectivity index is 1.000. The number of benzene rings is 11. The Kier molecular flexibility index (Phi) is 8.12. The van der Waals surface area contributed by atoms with Crippen LogP contribution in [0.2, 0.25) is 0 Å². The number of hydrogen-bond donors (Lipinski definition) is 0. The first-order chi connectivity index (χ1) is 31.2. The molecular formula is C60H37NOS. The number of thiophene rings is 1. The largest absolute Gasteiger partial charge is 0.455 e. The number of hydrogen-bond acceptors (Lipinski definition) is 3. The topological polar surface area (TPSA) is 16.4 Å². The van der Waals surface area contributed by atoms with E-state index in [0.717, 1.165) is 44.6 Å². The van der Waals surface area contributed by atoms with Crippen LogP contribution in [0, 0.1) is 0 Å². The van der Waals surface area contributed by atoms with Gasteiger partial charge in [-0.3, -0.25) is 0 Å². The fraction of sp³-hybridized carbons (Fsp3) is 0. The average molecular weight is 820 g/mol. The summed E-state index contributed by atoms with van der Waals surface area (Å²) in [5, 5.41) is 12.1. The van der Waals surface area contributed by atoms with Gasteiger partial charge in [0.2, 0.25) is 0 Å². The van der Waals surface area contributed by atoms with Gasteiger partial charge in [-0.15, -0.1) is 11.3 Å². The molecule has 0 atom stereocenters. The van der Waals surface area contributed by atoms with Gasteiger partial charge >= 0.3 is 0 Å². The van der Waals surface area contributed by atoms with Crippen LogP contribution in [0.1, 0.15) is 0 Å². The third-order valence-corrected chi connectivity index (χ3v) is 14.1. The molecule has 13 aromatic rings. The first-order valence-electron chi connectivity index (χ1n) is 21.5. The van der Waals surface area contributed by atoms with Crippen LogP contribution in [0.5, 0.6) is 0 Å². The zero-order valence-corrected chi connectivity index (χ0v) is 34.9. The predicted octanol–water partition coefficient (Wildman–Crippen LogP) is 17.9. The number of furan rings is 1. The van der Waals surface area contributed by atoms with E-state index in [-0.39, 0.29) is 0 Å². The minimum Gasteiger partial charge on any atom is -0.455 e. The Morgan fingerprint density at radius 3 is 1.70 bits per heavy atom. The van der Waals surface area contributed by atoms with E-state index in [2.05, 4.69) is 229 Å². The van der Waals surface area contributed by atoms with Crippen LogP contribution in [-0.4, -0.2) is 0 Å². The zero-order chi connectivity index (χ0) is 41.4. The second kappa shape index (κ2) is 14.3. The lowest BCUT2D eigenvalue weighted by Crippen LogP contribution is -2.09. The van der Waals surface area contributed by atoms with Crippen molar-refractivity contribution in [3.63, 3.8) is 0 Å². The molecule has 0 amide bonds. The maximum Gasteiger partial charge on any atom is 0.143 e. The summed E-state index contributed by atoms with van der Waals surface area (Å²) >= 11 is 1.87. The van der Waals surface area contributed by atoms with Crippen LogP contribution in [0.25, 0.3) is 108 Å². The van der Waals surface area contributed by atoms with Gasteiger partial charge in [-0.2, -0.15) is 0 Å². The standard InChI is InChI=1S/C60H37NOS/c1-2-13-38(14-3-1)39-25-29-43(30-26-39)61(44-31-27-40(28-32-44)48-22-12-23-52-51-21-10-11-24-57(51)63-60(48)52)45-33-34-56-53(37-45)55-36-42-16-5-7-18-47(42)58(59(55)62-56)54-35-41-15-4-6-17-46(41)49-19-8-9-20-50(49)54/h1-37H. The maximum atomic E-state index is 7.02. The number of rotatable bonds is 6. The third-order valence-electron chi connectivity index (χ3n) is 12.8. The minimum atomic E-state index is 0.863. The summed E-state index contributed by atoms with van der Waals surface area (Å²) in [4.78, 5) is 2.37. The molecule has 2 aromatic heterocycles. The SMILES string of the molecule is c1ccc(-c2ccc(N(c3ccc(-c4cccc5c4sc4ccccc45)cc3)c3ccc4oc5c(-c6cc7ccccc7c7ccccc67)c6ccccc6cc5c4c3)cc2)cc1. The van der Waals surface area contributed by atoms with Crippen molar-refractivity contribution in [2.75, 3.05) is 4.90 Å². The van der Waals surface area contributed by atoms with E-state index in [4.69, 9.17) is 4.42 Å². The van der Waals surface area contributed by atoms with Gasteiger partial charge in [0.1, 0.15) is 11.2 Å². The van der Waals surface area contributed by atoms with Crippen LogP contribution in [0.3, 0.4) is 0 Å². The van der Waals surface area contributed by atoms with E-state index >= 15 is 0 Å². The molecule has 294 valence electrons. The average Bonchev–Trinajstić information content (AvgIpc) is 3.92. The molecule has 3 heteroatoms. The van der Waals surface area contributed by atoms with Crippen molar-refractivity contribution in [3.05, 3.63) is 224 Å². The molecule has 0 aliphatic carbocycles. The zero-order valence-electron chi connectivity index (χ0n) is 34.1. The molecule has 0 saturated heterocycles. The summed E-state index contributed by atoms with van der Waals surface area (Å²) in [5.74, 6) is 0. The van der Waals surface area contributed by atoms with Crippen LogP contribution in [0.15, 0.2) is 229 Å². The van der Waals surface area contributed by atoms with Gasteiger partial charge in [-0.25, -0.2) is 0 Å². The summed E-state index contributed by atoms with van der Waals surface area (Å²) in [6, 6.07) is 81.6. The summed E-state index contributed by atoms with van der Waals surface area (Å²) in [6.45, 7) is 0. The predicted molar refractivity (Wildman–Crippen MR) is 270 cm³/mol. The molecule has 0 fully saturated rings. The number of fused-ring (bicyclic) bond motifs is 10. The molecule has 2 heterocycles. The van der Waals surface area contributed by atoms with Gasteiger partial charge in [0.05, 0.1) is 0 Å². The Labute approximate surface area is 368 Å². The van der Waals surface area contributed by atoms with Crippen molar-refractivity contribution in [2.24, 2.45) is 0 Å². The normalized spacial score (nSPS) is 11.8. The van der Waals surface area contributed by atoms with E-state index < -0.39 is 0 Å². The second-order valence-corrected chi connectivity index (χ2v) is 17.5. The quantitative estimate of drug-likeness (QED) is 0.155. The van der Waals surface area contributed by atoms with E-state index in [1.165, 1.54) is 80.3 Å². The molecule has 63 heavy (non-hydrogen) atoms. The Hall–Kier alpha value is -7.98. The molecule has 11 aromatic carbocycles. The molecule has 2 nitrogen and oxygen atoms in total. The van der Waals surface area contributed by atoms with E-state index in [1.54, 1.807) is 0 Å². The van der Waals surface area contributed by atoms with E-state index in [1.807, 2.05) is 11.3 Å². The number of anilines is 3. The molecule has 0 aliphatic heterocycles. The maximum absolute atomic E-state index is 7.02. The van der Waals surface area contributed by atoms with Gasteiger partial charge in [-0.05, 0) is 121 Å². The molecule has 0 unspecified atom stereocenters. The van der Waals surface area contributed by atoms with Crippen LogP contribution in [0.4, 0.5) is 17.1 Å². The van der Waals surface area contributed by atoms with E-state index in [0.29, 0.717) is 0 Å². The highest BCUT2D eigenvalue weighted by Gasteiger charge is 2.22. The molecule has 0 saturated carbocycles. The highest BCUT2D eigenvalue weighted by molar-refractivity contribution is 7.26. The lowest BCUT2D eigenvalue weighted by molar-refractivity contribution is 0.670. The van der Waals surface area contributed by atoms with Gasteiger partial charge < -0.3 is 9.32 Å². The van der Waals surface area contributed by atoms with Gasteiger partial charge in [0.25, 0.3) is 0 Å². The highest BCUT2D eigenvalue weighted by atomic mass is 32.1. The molecule has 0 spiro atoms. The molecule has 0 aliphatic rings. The Morgan fingerprint density at radius 2 is 0.921 bits per heavy atom. The van der Waals surface area contributed by atoms with Crippen molar-refractivity contribution in [2.45, 2.75) is 0 Å². The lowest BCUT2D eigenvalue weighted by atomic mass is 9.89. The molecule has 0 radical (unpaired) electrons. The second-order valence-electron chi connectivity index (χ2n) is 16.4.